The van der Waals surface area contributed by atoms with E-state index in [1.165, 1.54) is 49.9 Å². The lowest BCUT2D eigenvalue weighted by Gasteiger charge is -2.31. The summed E-state index contributed by atoms with van der Waals surface area (Å²) in [5.74, 6) is 0.790. The van der Waals surface area contributed by atoms with Crippen LogP contribution in [0.3, 0.4) is 0 Å². The number of nitrogens with one attached hydrogen (secondary N) is 3. The summed E-state index contributed by atoms with van der Waals surface area (Å²) in [5, 5.41) is 9.52. The molecule has 59 heavy (non-hydrogen) atoms. The number of alkyl halides is 3. The number of halogens is 3. The van der Waals surface area contributed by atoms with Crippen LogP contribution in [-0.4, -0.2) is 59.4 Å². The monoisotopic (exact) mass is 844 g/mol. The number of thioether (sulfide) groups is 2. The average molecular weight is 845 g/mol. The van der Waals surface area contributed by atoms with Crippen molar-refractivity contribution in [2.24, 2.45) is 0 Å². The molecule has 7 rings (SSSR count). The molecule has 306 valence electrons. The van der Waals surface area contributed by atoms with Crippen molar-refractivity contribution >= 4 is 70.3 Å². The van der Waals surface area contributed by atoms with E-state index in [0.29, 0.717) is 39.8 Å². The highest BCUT2D eigenvalue weighted by atomic mass is 32.2. The van der Waals surface area contributed by atoms with E-state index in [4.69, 9.17) is 9.47 Å². The first-order valence-corrected chi connectivity index (χ1v) is 20.1. The lowest BCUT2D eigenvalue weighted by atomic mass is 10.1. The molecule has 12 nitrogen and oxygen atoms in total. The molecule has 2 aliphatic heterocycles. The molecular weight excluding hydrogens is 806 g/mol. The number of rotatable bonds is 10. The molecule has 0 saturated carbocycles. The third-order valence-corrected chi connectivity index (χ3v) is 11.4. The van der Waals surface area contributed by atoms with Crippen LogP contribution in [0.1, 0.15) is 68.9 Å². The van der Waals surface area contributed by atoms with Crippen molar-refractivity contribution in [2.75, 3.05) is 46.6 Å². The van der Waals surface area contributed by atoms with Crippen LogP contribution < -0.4 is 20.9 Å². The largest absolute Gasteiger partial charge is 0.465 e. The fourth-order valence-corrected chi connectivity index (χ4v) is 7.90. The minimum atomic E-state index is -4.42. The van der Waals surface area contributed by atoms with E-state index in [0.717, 1.165) is 38.7 Å². The van der Waals surface area contributed by atoms with Crippen LogP contribution in [0.2, 0.25) is 0 Å². The van der Waals surface area contributed by atoms with Crippen molar-refractivity contribution in [3.8, 4) is 0 Å². The van der Waals surface area contributed by atoms with Crippen LogP contribution in [0.15, 0.2) is 107 Å². The molecule has 0 saturated heterocycles. The van der Waals surface area contributed by atoms with E-state index in [1.54, 1.807) is 53.7 Å². The maximum absolute atomic E-state index is 12.9. The zero-order valence-corrected chi connectivity index (χ0v) is 33.9. The molecule has 2 atom stereocenters. The van der Waals surface area contributed by atoms with Crippen LogP contribution in [0.5, 0.6) is 0 Å². The number of carbonyl (C=O) groups excluding carboxylic acids is 4. The van der Waals surface area contributed by atoms with Crippen molar-refractivity contribution in [1.82, 2.24) is 9.97 Å². The fraction of sp³-hybridized carbons (Fsp3) is 0.238. The highest BCUT2D eigenvalue weighted by molar-refractivity contribution is 8.00. The van der Waals surface area contributed by atoms with Gasteiger partial charge in [-0.05, 0) is 79.1 Å². The van der Waals surface area contributed by atoms with Crippen molar-refractivity contribution in [3.05, 3.63) is 131 Å². The summed E-state index contributed by atoms with van der Waals surface area (Å²) in [6.07, 6.45) is -1.05. The van der Waals surface area contributed by atoms with Crippen molar-refractivity contribution in [3.63, 3.8) is 0 Å². The van der Waals surface area contributed by atoms with Gasteiger partial charge in [0.25, 0.3) is 0 Å². The van der Waals surface area contributed by atoms with Gasteiger partial charge in [-0.25, -0.2) is 19.6 Å². The standard InChI is InChI=1S/C25H22F3N3O3S.C17H17N3O3S/c1-15(17-5-7-18(8-6-17)24(33)34-2)30-23-22-20(11-12-29-23)35-14-21(32)31(22)13-16-3-9-19(10-4-16)25(26,27)28;1-10(11-3-5-12(6-4-11)17(22)23-2)19-16-15-13(7-8-18-16)24-9-14(21)20-15/h3-12,15H,13-14H2,1-2H3,(H,29,30);3-8,10H,9H2,1-2H3,(H,18,19)(H,20,21)/t15-;10-/m00/s1. The SMILES string of the molecule is COC(=O)c1ccc([C@H](C)Nc2nccc3c2N(Cc2ccc(C(F)(F)F)cc2)C(=O)CS3)cc1.COC(=O)c1ccc([C@H](C)Nc2nccc3c2NC(=O)CS3)cc1. The lowest BCUT2D eigenvalue weighted by molar-refractivity contribution is -0.137. The molecule has 0 spiro atoms. The molecule has 0 unspecified atom stereocenters. The number of carbonyl (C=O) groups is 4. The van der Waals surface area contributed by atoms with Gasteiger partial charge in [0.2, 0.25) is 11.8 Å². The third kappa shape index (κ3) is 10.3. The van der Waals surface area contributed by atoms with E-state index in [-0.39, 0.29) is 42.2 Å². The molecule has 2 aromatic heterocycles. The Balaban J connectivity index is 0.000000213. The summed E-state index contributed by atoms with van der Waals surface area (Å²) in [7, 11) is 2.68. The van der Waals surface area contributed by atoms with Crippen molar-refractivity contribution in [2.45, 2.75) is 48.4 Å². The van der Waals surface area contributed by atoms with Gasteiger partial charge in [0, 0.05) is 22.2 Å². The molecule has 5 aromatic rings. The van der Waals surface area contributed by atoms with E-state index in [2.05, 4.69) is 25.9 Å². The minimum absolute atomic E-state index is 0.0290. The molecular formula is C42H39F3N6O6S2. The third-order valence-electron chi connectivity index (χ3n) is 9.34. The number of hydrogen-bond acceptors (Lipinski definition) is 12. The Labute approximate surface area is 346 Å². The second kappa shape index (κ2) is 18.7. The number of ether oxygens (including phenoxy) is 2. The Morgan fingerprint density at radius 2 is 1.25 bits per heavy atom. The predicted molar refractivity (Wildman–Crippen MR) is 221 cm³/mol. The Morgan fingerprint density at radius 3 is 1.80 bits per heavy atom. The van der Waals surface area contributed by atoms with Crippen LogP contribution in [0.4, 0.5) is 36.2 Å². The topological polar surface area (TPSA) is 152 Å². The number of hydrogen-bond donors (Lipinski definition) is 3. The Bertz CT molecular complexity index is 2330. The number of anilines is 4. The number of esters is 2. The molecule has 17 heteroatoms. The van der Waals surface area contributed by atoms with Gasteiger partial charge in [0.05, 0.1) is 66.7 Å². The lowest BCUT2D eigenvalue weighted by Crippen LogP contribution is -2.35. The number of pyridine rings is 2. The normalized spacial score (nSPS) is 14.3. The molecule has 0 fully saturated rings. The van der Waals surface area contributed by atoms with Gasteiger partial charge in [-0.1, -0.05) is 36.4 Å². The minimum Gasteiger partial charge on any atom is -0.465 e. The van der Waals surface area contributed by atoms with Gasteiger partial charge in [-0.15, -0.1) is 23.5 Å². The van der Waals surface area contributed by atoms with Gasteiger partial charge >= 0.3 is 18.1 Å². The van der Waals surface area contributed by atoms with Gasteiger partial charge in [-0.3, -0.25) is 9.59 Å². The first-order chi connectivity index (χ1) is 28.2. The van der Waals surface area contributed by atoms with Crippen molar-refractivity contribution < 1.29 is 41.8 Å². The second-order valence-electron chi connectivity index (χ2n) is 13.3. The summed E-state index contributed by atoms with van der Waals surface area (Å²) in [5.41, 5.74) is 3.97. The van der Waals surface area contributed by atoms with Crippen LogP contribution in [-0.2, 0) is 31.8 Å². The van der Waals surface area contributed by atoms with Gasteiger partial charge in [0.1, 0.15) is 5.69 Å². The summed E-state index contributed by atoms with van der Waals surface area (Å²) in [6.45, 7) is 4.03. The summed E-state index contributed by atoms with van der Waals surface area (Å²) in [6, 6.07) is 22.4. The Hall–Kier alpha value is -6.07. The predicted octanol–water partition coefficient (Wildman–Crippen LogP) is 8.78. The number of aromatic nitrogens is 2. The first kappa shape index (κ1) is 42.5. The molecule has 2 amide bonds. The Kier molecular flexibility index (Phi) is 13.5. The van der Waals surface area contributed by atoms with Crippen LogP contribution >= 0.6 is 23.5 Å². The highest BCUT2D eigenvalue weighted by Crippen LogP contribution is 2.42. The summed E-state index contributed by atoms with van der Waals surface area (Å²) < 4.78 is 48.2. The molecule has 0 radical (unpaired) electrons. The molecule has 4 heterocycles. The van der Waals surface area contributed by atoms with Crippen LogP contribution in [0.25, 0.3) is 0 Å². The van der Waals surface area contributed by atoms with Crippen LogP contribution in [0, 0.1) is 0 Å². The quantitative estimate of drug-likeness (QED) is 0.115. The molecule has 2 aliphatic rings. The van der Waals surface area contributed by atoms with Gasteiger partial charge < -0.3 is 30.3 Å². The van der Waals surface area contributed by atoms with Crippen molar-refractivity contribution in [1.29, 1.82) is 0 Å². The number of fused-ring (bicyclic) bond motifs is 2. The number of methoxy groups -OCH3 is 2. The summed E-state index contributed by atoms with van der Waals surface area (Å²) in [4.78, 5) is 59.8. The number of benzene rings is 3. The molecule has 0 aliphatic carbocycles. The van der Waals surface area contributed by atoms with E-state index < -0.39 is 17.7 Å². The highest BCUT2D eigenvalue weighted by Gasteiger charge is 2.32. The van der Waals surface area contributed by atoms with Gasteiger partial charge in [0.15, 0.2) is 11.6 Å². The smallest absolute Gasteiger partial charge is 0.416 e. The van der Waals surface area contributed by atoms with E-state index in [1.807, 2.05) is 38.1 Å². The van der Waals surface area contributed by atoms with E-state index in [9.17, 15) is 32.3 Å². The zero-order valence-electron chi connectivity index (χ0n) is 32.3. The maximum Gasteiger partial charge on any atom is 0.416 e. The second-order valence-corrected chi connectivity index (χ2v) is 15.3. The zero-order chi connectivity index (χ0) is 42.3. The molecule has 0 bridgehead atoms. The first-order valence-electron chi connectivity index (χ1n) is 18.1. The molecule has 3 aromatic carbocycles. The maximum atomic E-state index is 12.9. The van der Waals surface area contributed by atoms with Gasteiger partial charge in [-0.2, -0.15) is 13.2 Å². The summed E-state index contributed by atoms with van der Waals surface area (Å²) >= 11 is 2.89. The fourth-order valence-electron chi connectivity index (χ4n) is 6.15. The number of amides is 2. The average Bonchev–Trinajstić information content (AvgIpc) is 3.24. The number of nitrogens with zero attached hydrogens (tertiary/aromatic N) is 3. The van der Waals surface area contributed by atoms with E-state index >= 15 is 0 Å². The Morgan fingerprint density at radius 1 is 0.746 bits per heavy atom. The molecule has 3 N–H and O–H groups in total.